The number of carbonyl (C=O) groups excluding carboxylic acids is 1. The number of aryl methyl sites for hydroxylation is 2. The number of rotatable bonds is 2. The van der Waals surface area contributed by atoms with Gasteiger partial charge in [-0.05, 0) is 63.9 Å². The van der Waals surface area contributed by atoms with Crippen molar-refractivity contribution >= 4 is 16.9 Å². The van der Waals surface area contributed by atoms with Crippen LogP contribution >= 0.6 is 0 Å². The van der Waals surface area contributed by atoms with Gasteiger partial charge in [-0.15, -0.1) is 0 Å². The molecule has 0 saturated carbocycles. The SMILES string of the molecule is Cc1cc(C)c2oc(-c3ccco3)c(OC(=O)C(C)(C)C)c(=O)c2c1. The minimum Gasteiger partial charge on any atom is -0.461 e. The van der Waals surface area contributed by atoms with Gasteiger partial charge in [0, 0.05) is 0 Å². The zero-order valence-electron chi connectivity index (χ0n) is 14.9. The minimum absolute atomic E-state index is 0.118. The highest BCUT2D eigenvalue weighted by Crippen LogP contribution is 2.33. The van der Waals surface area contributed by atoms with Gasteiger partial charge in [-0.1, -0.05) is 6.07 Å². The van der Waals surface area contributed by atoms with Gasteiger partial charge in [-0.2, -0.15) is 0 Å². The maximum absolute atomic E-state index is 13.0. The van der Waals surface area contributed by atoms with Gasteiger partial charge in [0.25, 0.3) is 0 Å². The number of ether oxygens (including phenoxy) is 1. The number of hydrogen-bond acceptors (Lipinski definition) is 5. The lowest BCUT2D eigenvalue weighted by molar-refractivity contribution is -0.143. The molecule has 0 aliphatic heterocycles. The highest BCUT2D eigenvalue weighted by atomic mass is 16.5. The number of benzene rings is 1. The third-order valence-corrected chi connectivity index (χ3v) is 3.83. The predicted molar refractivity (Wildman–Crippen MR) is 94.8 cm³/mol. The molecular formula is C20H20O5. The Balaban J connectivity index is 2.33. The van der Waals surface area contributed by atoms with Crippen molar-refractivity contribution in [2.45, 2.75) is 34.6 Å². The average molecular weight is 340 g/mol. The number of carbonyl (C=O) groups is 1. The van der Waals surface area contributed by atoms with Crippen LogP contribution in [-0.4, -0.2) is 5.97 Å². The molecule has 0 aliphatic carbocycles. The molecule has 25 heavy (non-hydrogen) atoms. The molecule has 1 aromatic carbocycles. The predicted octanol–water partition coefficient (Wildman–Crippen LogP) is 4.62. The van der Waals surface area contributed by atoms with Crippen molar-refractivity contribution in [3.63, 3.8) is 0 Å². The number of esters is 1. The van der Waals surface area contributed by atoms with Crippen LogP contribution in [0.15, 0.2) is 44.2 Å². The molecule has 5 nitrogen and oxygen atoms in total. The molecule has 0 radical (unpaired) electrons. The van der Waals surface area contributed by atoms with E-state index in [2.05, 4.69) is 0 Å². The first kappa shape index (κ1) is 17.0. The van der Waals surface area contributed by atoms with Gasteiger partial charge in [0.2, 0.25) is 16.9 Å². The van der Waals surface area contributed by atoms with Crippen molar-refractivity contribution in [1.29, 1.82) is 0 Å². The van der Waals surface area contributed by atoms with E-state index in [0.29, 0.717) is 16.7 Å². The number of fused-ring (bicyclic) bond motifs is 1. The minimum atomic E-state index is -0.760. The van der Waals surface area contributed by atoms with Crippen molar-refractivity contribution < 1.29 is 18.4 Å². The van der Waals surface area contributed by atoms with Crippen LogP contribution < -0.4 is 10.2 Å². The quantitative estimate of drug-likeness (QED) is 0.637. The zero-order chi connectivity index (χ0) is 18.4. The van der Waals surface area contributed by atoms with E-state index in [1.807, 2.05) is 19.9 Å². The summed E-state index contributed by atoms with van der Waals surface area (Å²) >= 11 is 0. The van der Waals surface area contributed by atoms with E-state index in [4.69, 9.17) is 13.6 Å². The fraction of sp³-hybridized carbons (Fsp3) is 0.300. The summed E-state index contributed by atoms with van der Waals surface area (Å²) in [6.07, 6.45) is 1.47. The molecule has 0 amide bonds. The Bertz CT molecular complexity index is 1000. The second-order valence-corrected chi connectivity index (χ2v) is 7.16. The van der Waals surface area contributed by atoms with E-state index >= 15 is 0 Å². The molecule has 0 fully saturated rings. The van der Waals surface area contributed by atoms with E-state index in [-0.39, 0.29) is 11.5 Å². The van der Waals surface area contributed by atoms with Crippen LogP contribution in [0.5, 0.6) is 5.75 Å². The summed E-state index contributed by atoms with van der Waals surface area (Å²) in [6.45, 7) is 8.93. The molecule has 0 bridgehead atoms. The summed E-state index contributed by atoms with van der Waals surface area (Å²) in [5.41, 5.74) is 1.06. The van der Waals surface area contributed by atoms with Crippen molar-refractivity contribution in [3.05, 3.63) is 51.9 Å². The zero-order valence-corrected chi connectivity index (χ0v) is 14.9. The highest BCUT2D eigenvalue weighted by Gasteiger charge is 2.29. The summed E-state index contributed by atoms with van der Waals surface area (Å²) in [6, 6.07) is 6.99. The molecule has 0 N–H and O–H groups in total. The second-order valence-electron chi connectivity index (χ2n) is 7.16. The summed E-state index contributed by atoms with van der Waals surface area (Å²) in [5.74, 6) is -0.216. The van der Waals surface area contributed by atoms with E-state index in [9.17, 15) is 9.59 Å². The number of furan rings is 1. The fourth-order valence-corrected chi connectivity index (χ4v) is 2.54. The Morgan fingerprint density at radius 2 is 1.88 bits per heavy atom. The topological polar surface area (TPSA) is 69.7 Å². The molecule has 3 rings (SSSR count). The smallest absolute Gasteiger partial charge is 0.316 e. The van der Waals surface area contributed by atoms with E-state index in [1.54, 1.807) is 39.0 Å². The van der Waals surface area contributed by atoms with Crippen molar-refractivity contribution in [2.75, 3.05) is 0 Å². The van der Waals surface area contributed by atoms with E-state index in [1.165, 1.54) is 6.26 Å². The molecule has 2 heterocycles. The Kier molecular flexibility index (Phi) is 4.03. The first-order valence-electron chi connectivity index (χ1n) is 8.02. The van der Waals surface area contributed by atoms with Gasteiger partial charge in [-0.25, -0.2) is 0 Å². The Morgan fingerprint density at radius 1 is 1.16 bits per heavy atom. The molecule has 0 saturated heterocycles. The van der Waals surface area contributed by atoms with E-state index in [0.717, 1.165) is 11.1 Å². The standard InChI is InChI=1S/C20H20O5/c1-11-9-12(2)16-13(10-11)15(21)18(25-19(22)20(3,4)5)17(24-16)14-7-6-8-23-14/h6-10H,1-5H3. The lowest BCUT2D eigenvalue weighted by Gasteiger charge is -2.17. The van der Waals surface area contributed by atoms with Crippen molar-refractivity contribution in [2.24, 2.45) is 5.41 Å². The normalized spacial score (nSPS) is 11.7. The lowest BCUT2D eigenvalue weighted by atomic mass is 9.97. The fourth-order valence-electron chi connectivity index (χ4n) is 2.54. The third kappa shape index (κ3) is 3.09. The van der Waals surface area contributed by atoms with Gasteiger partial charge in [0.15, 0.2) is 5.76 Å². The summed E-state index contributed by atoms with van der Waals surface area (Å²) < 4.78 is 16.8. The van der Waals surface area contributed by atoms with Gasteiger partial charge >= 0.3 is 5.97 Å². The highest BCUT2D eigenvalue weighted by molar-refractivity contribution is 5.86. The van der Waals surface area contributed by atoms with Crippen LogP contribution in [0, 0.1) is 19.3 Å². The summed E-state index contributed by atoms with van der Waals surface area (Å²) in [4.78, 5) is 25.4. The molecule has 5 heteroatoms. The van der Waals surface area contributed by atoms with Crippen LogP contribution in [0.25, 0.3) is 22.5 Å². The third-order valence-electron chi connectivity index (χ3n) is 3.83. The van der Waals surface area contributed by atoms with Crippen LogP contribution in [-0.2, 0) is 4.79 Å². The summed E-state index contributed by atoms with van der Waals surface area (Å²) in [5, 5.41) is 0.379. The second kappa shape index (κ2) is 5.92. The van der Waals surface area contributed by atoms with Crippen LogP contribution in [0.4, 0.5) is 0 Å². The summed E-state index contributed by atoms with van der Waals surface area (Å²) in [7, 11) is 0. The molecule has 0 aliphatic rings. The number of hydrogen-bond donors (Lipinski definition) is 0. The molecule has 0 unspecified atom stereocenters. The van der Waals surface area contributed by atoms with Crippen LogP contribution in [0.1, 0.15) is 31.9 Å². The maximum Gasteiger partial charge on any atom is 0.316 e. The Hall–Kier alpha value is -2.82. The first-order valence-corrected chi connectivity index (χ1v) is 8.02. The Labute approximate surface area is 145 Å². The molecular weight excluding hydrogens is 320 g/mol. The van der Waals surface area contributed by atoms with Gasteiger partial charge in [0.05, 0.1) is 17.1 Å². The van der Waals surface area contributed by atoms with Gasteiger partial charge in [-0.3, -0.25) is 9.59 Å². The molecule has 0 atom stereocenters. The molecule has 3 aromatic rings. The van der Waals surface area contributed by atoms with Gasteiger partial charge < -0.3 is 13.6 Å². The maximum atomic E-state index is 13.0. The largest absolute Gasteiger partial charge is 0.461 e. The van der Waals surface area contributed by atoms with Crippen LogP contribution in [0.3, 0.4) is 0 Å². The van der Waals surface area contributed by atoms with Crippen molar-refractivity contribution in [3.8, 4) is 17.3 Å². The van der Waals surface area contributed by atoms with Gasteiger partial charge in [0.1, 0.15) is 5.58 Å². The first-order chi connectivity index (χ1) is 11.7. The molecule has 2 aromatic heterocycles. The molecule has 0 spiro atoms. The monoisotopic (exact) mass is 340 g/mol. The Morgan fingerprint density at radius 3 is 2.48 bits per heavy atom. The van der Waals surface area contributed by atoms with Crippen LogP contribution in [0.2, 0.25) is 0 Å². The molecule has 130 valence electrons. The lowest BCUT2D eigenvalue weighted by Crippen LogP contribution is -2.28. The van der Waals surface area contributed by atoms with E-state index < -0.39 is 16.8 Å². The van der Waals surface area contributed by atoms with Crippen molar-refractivity contribution in [1.82, 2.24) is 0 Å². The average Bonchev–Trinajstić information content (AvgIpc) is 3.03.